The lowest BCUT2D eigenvalue weighted by atomic mass is 10.1. The highest BCUT2D eigenvalue weighted by Crippen LogP contribution is 2.25. The summed E-state index contributed by atoms with van der Waals surface area (Å²) in [6, 6.07) is 5.23. The summed E-state index contributed by atoms with van der Waals surface area (Å²) in [5, 5.41) is 11.9. The van der Waals surface area contributed by atoms with Crippen LogP contribution in [0, 0.1) is 0 Å². The Labute approximate surface area is 122 Å². The molecule has 1 aromatic rings. The molecule has 0 aliphatic carbocycles. The zero-order chi connectivity index (χ0) is 15.0. The van der Waals surface area contributed by atoms with Crippen LogP contribution in [0.2, 0.25) is 0 Å². The van der Waals surface area contributed by atoms with Crippen molar-refractivity contribution in [3.05, 3.63) is 29.3 Å². The molecule has 2 aliphatic heterocycles. The van der Waals surface area contributed by atoms with Crippen molar-refractivity contribution in [2.45, 2.75) is 25.5 Å². The lowest BCUT2D eigenvalue weighted by molar-refractivity contribution is -0.115. The molecule has 6 nitrogen and oxygen atoms in total. The molecule has 2 amide bonds. The first-order valence-corrected chi connectivity index (χ1v) is 7.04. The van der Waals surface area contributed by atoms with E-state index in [0.29, 0.717) is 25.1 Å². The molecule has 2 unspecified atom stereocenters. The van der Waals surface area contributed by atoms with E-state index in [0.717, 1.165) is 11.3 Å². The van der Waals surface area contributed by atoms with Crippen molar-refractivity contribution in [2.24, 2.45) is 0 Å². The van der Waals surface area contributed by atoms with Crippen LogP contribution in [-0.2, 0) is 16.0 Å². The fourth-order valence-electron chi connectivity index (χ4n) is 2.74. The predicted octanol–water partition coefficient (Wildman–Crippen LogP) is 0.403. The molecule has 2 aliphatic rings. The lowest BCUT2D eigenvalue weighted by Crippen LogP contribution is -2.52. The Kier molecular flexibility index (Phi) is 3.65. The van der Waals surface area contributed by atoms with E-state index in [2.05, 4.69) is 5.32 Å². The van der Waals surface area contributed by atoms with E-state index in [1.54, 1.807) is 23.1 Å². The minimum absolute atomic E-state index is 0.0340. The van der Waals surface area contributed by atoms with Crippen molar-refractivity contribution in [3.63, 3.8) is 0 Å². The average Bonchev–Trinajstić information content (AvgIpc) is 2.86. The maximum Gasteiger partial charge on any atom is 0.254 e. The van der Waals surface area contributed by atoms with Gasteiger partial charge in [-0.25, -0.2) is 0 Å². The summed E-state index contributed by atoms with van der Waals surface area (Å²) < 4.78 is 5.45. The number of morpholine rings is 1. The Morgan fingerprint density at radius 1 is 1.52 bits per heavy atom. The fourth-order valence-corrected chi connectivity index (χ4v) is 2.74. The maximum atomic E-state index is 12.6. The van der Waals surface area contributed by atoms with Crippen molar-refractivity contribution in [2.75, 3.05) is 25.1 Å². The maximum absolute atomic E-state index is 12.6. The van der Waals surface area contributed by atoms with Crippen LogP contribution in [0.4, 0.5) is 5.69 Å². The fraction of sp³-hybridized carbons (Fsp3) is 0.467. The Morgan fingerprint density at radius 2 is 2.33 bits per heavy atom. The van der Waals surface area contributed by atoms with Gasteiger partial charge in [0.2, 0.25) is 5.91 Å². The van der Waals surface area contributed by atoms with Crippen LogP contribution in [0.1, 0.15) is 22.8 Å². The van der Waals surface area contributed by atoms with Gasteiger partial charge < -0.3 is 20.1 Å². The van der Waals surface area contributed by atoms with Gasteiger partial charge in [0.25, 0.3) is 5.91 Å². The first-order valence-electron chi connectivity index (χ1n) is 7.04. The second kappa shape index (κ2) is 5.46. The molecule has 0 saturated carbocycles. The number of carbonyl (C=O) groups is 2. The van der Waals surface area contributed by atoms with E-state index in [9.17, 15) is 14.7 Å². The van der Waals surface area contributed by atoms with E-state index in [1.807, 2.05) is 6.92 Å². The average molecular weight is 290 g/mol. The van der Waals surface area contributed by atoms with Gasteiger partial charge in [-0.05, 0) is 30.7 Å². The predicted molar refractivity (Wildman–Crippen MR) is 76.1 cm³/mol. The number of amides is 2. The number of anilines is 1. The van der Waals surface area contributed by atoms with E-state index < -0.39 is 0 Å². The lowest BCUT2D eigenvalue weighted by Gasteiger charge is -2.37. The van der Waals surface area contributed by atoms with Crippen LogP contribution >= 0.6 is 0 Å². The number of aliphatic hydroxyl groups is 1. The first-order chi connectivity index (χ1) is 10.1. The van der Waals surface area contributed by atoms with Gasteiger partial charge in [-0.15, -0.1) is 0 Å². The Bertz CT molecular complexity index is 587. The van der Waals surface area contributed by atoms with Crippen LogP contribution in [-0.4, -0.2) is 53.7 Å². The van der Waals surface area contributed by atoms with Gasteiger partial charge in [0.15, 0.2) is 0 Å². The second-order valence-corrected chi connectivity index (χ2v) is 5.54. The summed E-state index contributed by atoms with van der Waals surface area (Å²) in [7, 11) is 0. The van der Waals surface area contributed by atoms with Crippen molar-refractivity contribution in [3.8, 4) is 0 Å². The molecule has 2 N–H and O–H groups in total. The van der Waals surface area contributed by atoms with Gasteiger partial charge in [-0.1, -0.05) is 0 Å². The number of ether oxygens (including phenoxy) is 1. The standard InChI is InChI=1S/C15H18N2O4/c1-9-8-21-12(7-18)6-17(9)15(20)10-2-3-13-11(4-10)5-14(19)16-13/h2-4,9,12,18H,5-8H2,1H3,(H,16,19). The largest absolute Gasteiger partial charge is 0.394 e. The highest BCUT2D eigenvalue weighted by Gasteiger charge is 2.30. The summed E-state index contributed by atoms with van der Waals surface area (Å²) in [5.74, 6) is -0.138. The molecular weight excluding hydrogens is 272 g/mol. The normalized spacial score (nSPS) is 24.7. The third kappa shape index (κ3) is 2.64. The summed E-state index contributed by atoms with van der Waals surface area (Å²) in [5.41, 5.74) is 2.20. The topological polar surface area (TPSA) is 78.9 Å². The molecular formula is C15H18N2O4. The molecule has 112 valence electrons. The number of nitrogens with zero attached hydrogens (tertiary/aromatic N) is 1. The third-order valence-corrected chi connectivity index (χ3v) is 3.95. The second-order valence-electron chi connectivity index (χ2n) is 5.54. The number of aliphatic hydroxyl groups excluding tert-OH is 1. The van der Waals surface area contributed by atoms with Crippen molar-refractivity contribution < 1.29 is 19.4 Å². The van der Waals surface area contributed by atoms with E-state index in [4.69, 9.17) is 4.74 Å². The van der Waals surface area contributed by atoms with E-state index >= 15 is 0 Å². The smallest absolute Gasteiger partial charge is 0.254 e. The van der Waals surface area contributed by atoms with Gasteiger partial charge in [0, 0.05) is 17.8 Å². The Morgan fingerprint density at radius 3 is 3.10 bits per heavy atom. The number of hydrogen-bond donors (Lipinski definition) is 2. The molecule has 2 atom stereocenters. The van der Waals surface area contributed by atoms with Crippen LogP contribution in [0.15, 0.2) is 18.2 Å². The summed E-state index contributed by atoms with van der Waals surface area (Å²) in [6.45, 7) is 2.62. The molecule has 0 aromatic heterocycles. The zero-order valence-corrected chi connectivity index (χ0v) is 11.8. The molecule has 2 heterocycles. The van der Waals surface area contributed by atoms with Gasteiger partial charge in [-0.2, -0.15) is 0 Å². The SMILES string of the molecule is CC1COC(CO)CN1C(=O)c1ccc2c(c1)CC(=O)N2. The number of fused-ring (bicyclic) bond motifs is 1. The molecule has 1 aromatic carbocycles. The third-order valence-electron chi connectivity index (χ3n) is 3.95. The van der Waals surface area contributed by atoms with Gasteiger partial charge >= 0.3 is 0 Å². The van der Waals surface area contributed by atoms with Crippen LogP contribution in [0.5, 0.6) is 0 Å². The number of benzene rings is 1. The van der Waals surface area contributed by atoms with Crippen LogP contribution in [0.25, 0.3) is 0 Å². The summed E-state index contributed by atoms with van der Waals surface area (Å²) >= 11 is 0. The first kappa shape index (κ1) is 14.0. The van der Waals surface area contributed by atoms with E-state index in [-0.39, 0.29) is 30.6 Å². The highest BCUT2D eigenvalue weighted by molar-refractivity contribution is 6.01. The zero-order valence-electron chi connectivity index (χ0n) is 11.8. The van der Waals surface area contributed by atoms with E-state index in [1.165, 1.54) is 0 Å². The Balaban J connectivity index is 1.81. The minimum Gasteiger partial charge on any atom is -0.394 e. The van der Waals surface area contributed by atoms with Crippen molar-refractivity contribution in [1.29, 1.82) is 0 Å². The summed E-state index contributed by atoms with van der Waals surface area (Å²) in [4.78, 5) is 25.7. The highest BCUT2D eigenvalue weighted by atomic mass is 16.5. The van der Waals surface area contributed by atoms with Crippen LogP contribution < -0.4 is 5.32 Å². The van der Waals surface area contributed by atoms with Gasteiger partial charge in [0.1, 0.15) is 0 Å². The number of nitrogens with one attached hydrogen (secondary N) is 1. The monoisotopic (exact) mass is 290 g/mol. The van der Waals surface area contributed by atoms with Crippen LogP contribution in [0.3, 0.4) is 0 Å². The van der Waals surface area contributed by atoms with Crippen molar-refractivity contribution >= 4 is 17.5 Å². The minimum atomic E-state index is -0.331. The number of rotatable bonds is 2. The molecule has 0 spiro atoms. The molecule has 1 fully saturated rings. The Hall–Kier alpha value is -1.92. The molecule has 1 saturated heterocycles. The number of hydrogen-bond acceptors (Lipinski definition) is 4. The summed E-state index contributed by atoms with van der Waals surface area (Å²) in [6.07, 6.45) is -0.0168. The molecule has 0 radical (unpaired) electrons. The molecule has 3 rings (SSSR count). The van der Waals surface area contributed by atoms with Gasteiger partial charge in [0.05, 0.1) is 31.8 Å². The van der Waals surface area contributed by atoms with Gasteiger partial charge in [-0.3, -0.25) is 9.59 Å². The molecule has 6 heteroatoms. The van der Waals surface area contributed by atoms with Crippen molar-refractivity contribution in [1.82, 2.24) is 4.90 Å². The number of carbonyl (C=O) groups excluding carboxylic acids is 2. The molecule has 0 bridgehead atoms. The molecule has 21 heavy (non-hydrogen) atoms. The quantitative estimate of drug-likeness (QED) is 0.826.